The second-order valence-electron chi connectivity index (χ2n) is 16.6. The van der Waals surface area contributed by atoms with E-state index in [1.54, 1.807) is 24.3 Å². The third kappa shape index (κ3) is 9.91. The Kier molecular flexibility index (Phi) is 13.6. The first-order valence-electron chi connectivity index (χ1n) is 21.0. The minimum Gasteiger partial charge on any atom is -0.612 e. The summed E-state index contributed by atoms with van der Waals surface area (Å²) in [6.45, 7) is -1.14. The molecule has 4 N–H and O–H groups in total. The van der Waals surface area contributed by atoms with E-state index < -0.39 is 152 Å². The molecule has 1 fully saturated rings. The number of alkyl halides is 6. The van der Waals surface area contributed by atoms with Crippen LogP contribution in [0.3, 0.4) is 0 Å². The van der Waals surface area contributed by atoms with Crippen molar-refractivity contribution < 1.29 is 52.9 Å². The average molecular weight is 1020 g/mol. The van der Waals surface area contributed by atoms with Gasteiger partial charge in [0.05, 0.1) is 50.7 Å². The van der Waals surface area contributed by atoms with Gasteiger partial charge >= 0.3 is 0 Å². The Bertz CT molecular complexity index is 3190. The van der Waals surface area contributed by atoms with E-state index >= 15 is 13.6 Å². The Morgan fingerprint density at radius 1 is 1.03 bits per heavy atom. The van der Waals surface area contributed by atoms with E-state index in [0.29, 0.717) is 26.8 Å². The van der Waals surface area contributed by atoms with E-state index in [4.69, 9.17) is 22.0 Å². The van der Waals surface area contributed by atoms with Crippen LogP contribution in [0, 0.1) is 23.0 Å². The first kappa shape index (κ1) is 49.4. The van der Waals surface area contributed by atoms with Crippen molar-refractivity contribution in [2.45, 2.75) is 74.1 Å². The molecule has 6 aromatic rings. The maximum absolute atomic E-state index is 15.6. The van der Waals surface area contributed by atoms with Gasteiger partial charge in [0.1, 0.15) is 47.5 Å². The van der Waals surface area contributed by atoms with E-state index in [-0.39, 0.29) is 34.3 Å². The number of aromatic nitrogens is 4. The molecule has 0 bridgehead atoms. The molecule has 3 unspecified atom stereocenters. The van der Waals surface area contributed by atoms with Crippen molar-refractivity contribution in [3.8, 4) is 16.8 Å². The van der Waals surface area contributed by atoms with Crippen molar-refractivity contribution in [1.29, 1.82) is 5.41 Å². The number of anilines is 1. The lowest BCUT2D eigenvalue weighted by Gasteiger charge is -2.26. The summed E-state index contributed by atoms with van der Waals surface area (Å²) in [6.07, 6.45) is -5.51. The number of carbonyl (C=O) groups excluding carboxylic acids is 1. The smallest absolute Gasteiger partial charge is 0.292 e. The first-order chi connectivity index (χ1) is 32.5. The molecule has 2 aliphatic carbocycles. The van der Waals surface area contributed by atoms with Crippen LogP contribution in [-0.2, 0) is 51.3 Å². The molecule has 3 atom stereocenters. The van der Waals surface area contributed by atoms with E-state index in [9.17, 15) is 44.1 Å². The number of rotatable bonds is 16. The standard InChI is InChI=1S/C45H39ClF8N8O5S2/c1-21-13-29-38(41(51)52)59-61(40(29)45(21,53)54)20-36(63)57-32(16-22-14-24(47)18-25(48)15-22)43-58-31-17-23(27-5-3-4-6-34(27)68(2)65)7-10-28(31)44(64)62(43)33-12-11-30(46)37(39(33)56-19-35(49)50)42(55)60-69(66,67)26-8-9-26/h3-7,10-12,14-15,17-18,21,26,32,35,41,56H,8-9,13,16,19-20H2,1-2H3,(H2,55,60)(H,57,63). The van der Waals surface area contributed by atoms with Crippen molar-refractivity contribution >= 4 is 61.1 Å². The number of carbonyl (C=O) groups is 1. The highest BCUT2D eigenvalue weighted by Gasteiger charge is 2.51. The zero-order chi connectivity index (χ0) is 49.9. The minimum atomic E-state index is -4.18. The molecule has 0 aliphatic heterocycles. The Balaban J connectivity index is 1.37. The van der Waals surface area contributed by atoms with Crippen molar-refractivity contribution in [2.75, 3.05) is 18.1 Å². The fraction of sp³-hybridized carbons (Fsp3) is 0.311. The second kappa shape index (κ2) is 19.0. The van der Waals surface area contributed by atoms with Crippen LogP contribution in [0.1, 0.15) is 66.1 Å². The summed E-state index contributed by atoms with van der Waals surface area (Å²) in [6, 6.07) is 13.7. The summed E-state index contributed by atoms with van der Waals surface area (Å²) < 4.78 is 160. The maximum Gasteiger partial charge on any atom is 0.292 e. The highest BCUT2D eigenvalue weighted by molar-refractivity contribution is 7.91. The zero-order valence-electron chi connectivity index (χ0n) is 36.1. The normalized spacial score (nSPS) is 16.5. The predicted octanol–water partition coefficient (Wildman–Crippen LogP) is 8.32. The van der Waals surface area contributed by atoms with Gasteiger partial charge in [0.2, 0.25) is 15.9 Å². The molecule has 0 saturated heterocycles. The molecule has 0 spiro atoms. The van der Waals surface area contributed by atoms with Crippen molar-refractivity contribution in [2.24, 2.45) is 5.92 Å². The fourth-order valence-corrected chi connectivity index (χ4v) is 10.7. The number of amidine groups is 1. The SMILES string of the molecule is CC1Cc2c(C(F)F)nn(CC(=O)NC(Cc3cc(F)cc(F)c3)c3nc4cc(-c5ccccc5[S+](C)[O-])ccc4c(=O)n3-c3ccc(Cl)c(C(=N)NS(=O)(=O)C4CC4)c3NCC(F)F)c2C1(F)F. The highest BCUT2D eigenvalue weighted by Crippen LogP contribution is 2.48. The van der Waals surface area contributed by atoms with Gasteiger partial charge in [0, 0.05) is 29.5 Å². The van der Waals surface area contributed by atoms with Crippen LogP contribution in [0.2, 0.25) is 5.02 Å². The monoisotopic (exact) mass is 1020 g/mol. The molecule has 2 heterocycles. The fourth-order valence-electron chi connectivity index (χ4n) is 8.40. The number of hydrogen-bond donors (Lipinski definition) is 4. The van der Waals surface area contributed by atoms with Crippen LogP contribution in [0.5, 0.6) is 0 Å². The number of halogens is 9. The van der Waals surface area contributed by atoms with Gasteiger partial charge in [0.25, 0.3) is 24.3 Å². The van der Waals surface area contributed by atoms with Gasteiger partial charge in [-0.15, -0.1) is 0 Å². The summed E-state index contributed by atoms with van der Waals surface area (Å²) >= 11 is 5.06. The first-order valence-corrected chi connectivity index (χ1v) is 24.5. The summed E-state index contributed by atoms with van der Waals surface area (Å²) in [7, 11) is -4.18. The third-order valence-electron chi connectivity index (χ3n) is 11.7. The van der Waals surface area contributed by atoms with Crippen LogP contribution in [0.15, 0.2) is 82.5 Å². The van der Waals surface area contributed by atoms with Gasteiger partial charge in [-0.05, 0) is 90.1 Å². The lowest BCUT2D eigenvalue weighted by atomic mass is 10.0. The van der Waals surface area contributed by atoms with Crippen molar-refractivity contribution in [3.63, 3.8) is 0 Å². The predicted molar refractivity (Wildman–Crippen MR) is 241 cm³/mol. The number of nitrogens with one attached hydrogen (secondary N) is 4. The summed E-state index contributed by atoms with van der Waals surface area (Å²) in [5.41, 5.74) is -4.15. The largest absolute Gasteiger partial charge is 0.612 e. The summed E-state index contributed by atoms with van der Waals surface area (Å²) in [4.78, 5) is 34.6. The Morgan fingerprint density at radius 3 is 2.38 bits per heavy atom. The molecule has 24 heteroatoms. The van der Waals surface area contributed by atoms with Gasteiger partial charge in [0.15, 0.2) is 4.90 Å². The molecule has 8 rings (SSSR count). The van der Waals surface area contributed by atoms with Crippen LogP contribution < -0.4 is 20.9 Å². The molecule has 2 aliphatic rings. The molecule has 4 aromatic carbocycles. The lowest BCUT2D eigenvalue weighted by Crippen LogP contribution is -2.38. The third-order valence-corrected chi connectivity index (χ3v) is 14.8. The van der Waals surface area contributed by atoms with Gasteiger partial charge in [-0.1, -0.05) is 36.7 Å². The van der Waals surface area contributed by atoms with Crippen molar-refractivity contribution in [1.82, 2.24) is 29.4 Å². The molecule has 364 valence electrons. The Hall–Kier alpha value is -6.04. The van der Waals surface area contributed by atoms with E-state index in [1.807, 2.05) is 0 Å². The van der Waals surface area contributed by atoms with E-state index in [2.05, 4.69) is 20.5 Å². The van der Waals surface area contributed by atoms with Gasteiger partial charge in [-0.25, -0.2) is 39.7 Å². The molecular weight excluding hydrogens is 984 g/mol. The maximum atomic E-state index is 15.6. The number of nitrogens with zero attached hydrogens (tertiary/aromatic N) is 4. The number of benzene rings is 4. The summed E-state index contributed by atoms with van der Waals surface area (Å²) in [5.74, 6) is -9.89. The average Bonchev–Trinajstić information content (AvgIpc) is 4.03. The van der Waals surface area contributed by atoms with E-state index in [1.165, 1.54) is 24.5 Å². The molecule has 2 aromatic heterocycles. The Morgan fingerprint density at radius 2 is 1.72 bits per heavy atom. The van der Waals surface area contributed by atoms with Crippen LogP contribution in [0.4, 0.5) is 40.8 Å². The Labute approximate surface area is 396 Å². The second-order valence-corrected chi connectivity index (χ2v) is 20.3. The number of sulfonamides is 1. The van der Waals surface area contributed by atoms with Gasteiger partial charge in [-0.2, -0.15) is 13.9 Å². The molecule has 69 heavy (non-hydrogen) atoms. The number of hydrogen-bond acceptors (Lipinski definition) is 9. The lowest BCUT2D eigenvalue weighted by molar-refractivity contribution is -0.123. The molecule has 1 amide bonds. The molecule has 0 radical (unpaired) electrons. The van der Waals surface area contributed by atoms with Crippen LogP contribution in [-0.4, -0.2) is 68.5 Å². The molecular formula is C45H39ClF8N8O5S2. The topological polar surface area (TPSA) is 187 Å². The van der Waals surface area contributed by atoms with Crippen LogP contribution in [0.25, 0.3) is 27.7 Å². The zero-order valence-corrected chi connectivity index (χ0v) is 38.5. The quantitative estimate of drug-likeness (QED) is 0.0323. The number of fused-ring (bicyclic) bond motifs is 2. The minimum absolute atomic E-state index is 0.105. The summed E-state index contributed by atoms with van der Waals surface area (Å²) in [5, 5.41) is 16.1. The van der Waals surface area contributed by atoms with Gasteiger partial charge < -0.3 is 15.2 Å². The number of amides is 1. The van der Waals surface area contributed by atoms with Gasteiger partial charge in [-0.3, -0.25) is 29.0 Å². The molecule has 1 saturated carbocycles. The van der Waals surface area contributed by atoms with E-state index in [0.717, 1.165) is 35.8 Å². The molecule has 13 nitrogen and oxygen atoms in total. The van der Waals surface area contributed by atoms with Crippen LogP contribution >= 0.6 is 11.6 Å². The highest BCUT2D eigenvalue weighted by atomic mass is 35.5. The van der Waals surface area contributed by atoms with Crippen molar-refractivity contribution in [3.05, 3.63) is 134 Å².